The predicted octanol–water partition coefficient (Wildman–Crippen LogP) is 3.02. The molecular weight excluding hydrogens is 468 g/mol. The van der Waals surface area contributed by atoms with Crippen LogP contribution in [0.5, 0.6) is 0 Å². The number of carbonyl (C=O) groups excluding carboxylic acids is 1. The van der Waals surface area contributed by atoms with Gasteiger partial charge in [0.15, 0.2) is 0 Å². The van der Waals surface area contributed by atoms with Gasteiger partial charge in [-0.15, -0.1) is 0 Å². The first-order valence-corrected chi connectivity index (χ1v) is 11.6. The Labute approximate surface area is 205 Å². The molecule has 0 aliphatic carbocycles. The molecule has 3 aromatic heterocycles. The van der Waals surface area contributed by atoms with Crippen LogP contribution in [0.2, 0.25) is 5.02 Å². The van der Waals surface area contributed by atoms with Crippen molar-refractivity contribution in [2.45, 2.75) is 18.9 Å². The van der Waals surface area contributed by atoms with Crippen molar-refractivity contribution in [2.24, 2.45) is 0 Å². The molecule has 10 nitrogen and oxygen atoms in total. The quantitative estimate of drug-likeness (QED) is 0.468. The number of benzene rings is 1. The minimum atomic E-state index is -0.301. The molecule has 2 aliphatic heterocycles. The third-order valence-electron chi connectivity index (χ3n) is 6.47. The highest BCUT2D eigenvalue weighted by molar-refractivity contribution is 6.35. The lowest BCUT2D eigenvalue weighted by Crippen LogP contribution is -2.40. The Hall–Kier alpha value is -4.05. The number of anilines is 2. The molecule has 1 saturated heterocycles. The average Bonchev–Trinajstić information content (AvgIpc) is 3.36. The maximum absolute atomic E-state index is 13.8. The van der Waals surface area contributed by atoms with E-state index in [1.807, 2.05) is 11.0 Å². The molecule has 1 fully saturated rings. The molecular formula is C24H21ClN8O2. The van der Waals surface area contributed by atoms with Crippen LogP contribution in [0.3, 0.4) is 0 Å². The van der Waals surface area contributed by atoms with E-state index in [-0.39, 0.29) is 17.5 Å². The first-order chi connectivity index (χ1) is 17.0. The molecule has 11 heteroatoms. The van der Waals surface area contributed by atoms with E-state index in [9.17, 15) is 9.59 Å². The summed E-state index contributed by atoms with van der Waals surface area (Å²) in [5.74, 6) is 1.43. The summed E-state index contributed by atoms with van der Waals surface area (Å²) in [5, 5.41) is 3.87. The summed E-state index contributed by atoms with van der Waals surface area (Å²) in [6, 6.07) is 8.54. The van der Waals surface area contributed by atoms with Gasteiger partial charge >= 0.3 is 0 Å². The molecule has 1 aromatic carbocycles. The smallest absolute Gasteiger partial charge is 0.267 e. The van der Waals surface area contributed by atoms with Gasteiger partial charge in [0.25, 0.3) is 11.5 Å². The zero-order valence-corrected chi connectivity index (χ0v) is 19.6. The monoisotopic (exact) mass is 488 g/mol. The summed E-state index contributed by atoms with van der Waals surface area (Å²) in [5.41, 5.74) is 1.27. The summed E-state index contributed by atoms with van der Waals surface area (Å²) in [4.78, 5) is 48.4. The van der Waals surface area contributed by atoms with Gasteiger partial charge in [0, 0.05) is 19.8 Å². The van der Waals surface area contributed by atoms with Crippen LogP contribution in [0.1, 0.15) is 35.1 Å². The number of hydrogen-bond donors (Lipinski definition) is 1. The Morgan fingerprint density at radius 2 is 2.03 bits per heavy atom. The molecule has 35 heavy (non-hydrogen) atoms. The zero-order valence-electron chi connectivity index (χ0n) is 18.8. The zero-order chi connectivity index (χ0) is 24.1. The van der Waals surface area contributed by atoms with Gasteiger partial charge in [-0.2, -0.15) is 0 Å². The van der Waals surface area contributed by atoms with Gasteiger partial charge in [0.05, 0.1) is 40.5 Å². The lowest BCUT2D eigenvalue weighted by molar-refractivity contribution is 0.0796. The summed E-state index contributed by atoms with van der Waals surface area (Å²) in [6.07, 6.45) is 6.31. The number of carbonyl (C=O) groups is 1. The van der Waals surface area contributed by atoms with E-state index < -0.39 is 0 Å². The molecule has 1 amide bonds. The Kier molecular flexibility index (Phi) is 5.10. The largest absolute Gasteiger partial charge is 0.352 e. The molecule has 1 unspecified atom stereocenters. The normalized spacial score (nSPS) is 17.5. The highest BCUT2D eigenvalue weighted by atomic mass is 35.5. The van der Waals surface area contributed by atoms with E-state index in [0.29, 0.717) is 57.8 Å². The minimum Gasteiger partial charge on any atom is -0.352 e. The van der Waals surface area contributed by atoms with Crippen molar-refractivity contribution in [1.82, 2.24) is 29.4 Å². The molecule has 5 heterocycles. The fourth-order valence-electron chi connectivity index (χ4n) is 4.84. The number of aromatic nitrogens is 5. The molecule has 0 radical (unpaired) electrons. The molecule has 6 rings (SSSR count). The second-order valence-electron chi connectivity index (χ2n) is 8.57. The SMILES string of the molecule is CN1CNc2ncnc(N3CCCC3c3nc4cccc(Cl)c4c(=O)n3-c3cccnc3)c2C1=O. The van der Waals surface area contributed by atoms with Crippen LogP contribution in [0.15, 0.2) is 53.8 Å². The van der Waals surface area contributed by atoms with Gasteiger partial charge in [-0.25, -0.2) is 15.0 Å². The molecule has 0 spiro atoms. The van der Waals surface area contributed by atoms with Crippen LogP contribution in [-0.4, -0.2) is 55.6 Å². The highest BCUT2D eigenvalue weighted by Gasteiger charge is 2.37. The molecule has 0 saturated carbocycles. The first kappa shape index (κ1) is 21.5. The van der Waals surface area contributed by atoms with Crippen molar-refractivity contribution in [3.8, 4) is 5.69 Å². The lowest BCUT2D eigenvalue weighted by Gasteiger charge is -2.32. The van der Waals surface area contributed by atoms with Gasteiger partial charge in [0.2, 0.25) is 0 Å². The highest BCUT2D eigenvalue weighted by Crippen LogP contribution is 2.39. The van der Waals surface area contributed by atoms with Gasteiger partial charge in [0.1, 0.15) is 29.4 Å². The van der Waals surface area contributed by atoms with E-state index in [1.165, 1.54) is 6.33 Å². The van der Waals surface area contributed by atoms with E-state index in [0.717, 1.165) is 12.8 Å². The predicted molar refractivity (Wildman–Crippen MR) is 132 cm³/mol. The van der Waals surface area contributed by atoms with E-state index in [1.54, 1.807) is 53.2 Å². The number of fused-ring (bicyclic) bond motifs is 2. The summed E-state index contributed by atoms with van der Waals surface area (Å²) >= 11 is 6.42. The van der Waals surface area contributed by atoms with Gasteiger partial charge < -0.3 is 15.1 Å². The average molecular weight is 489 g/mol. The maximum atomic E-state index is 13.8. The Morgan fingerprint density at radius 3 is 2.86 bits per heavy atom. The van der Waals surface area contributed by atoms with E-state index in [2.05, 4.69) is 20.3 Å². The van der Waals surface area contributed by atoms with Crippen molar-refractivity contribution in [3.63, 3.8) is 0 Å². The second kappa shape index (κ2) is 8.31. The van der Waals surface area contributed by atoms with Crippen LogP contribution in [0, 0.1) is 0 Å². The first-order valence-electron chi connectivity index (χ1n) is 11.3. The topological polar surface area (TPSA) is 109 Å². The van der Waals surface area contributed by atoms with E-state index >= 15 is 0 Å². The Bertz CT molecular complexity index is 1520. The number of nitrogens with one attached hydrogen (secondary N) is 1. The Morgan fingerprint density at radius 1 is 1.14 bits per heavy atom. The third-order valence-corrected chi connectivity index (χ3v) is 6.79. The van der Waals surface area contributed by atoms with Crippen LogP contribution < -0.4 is 15.8 Å². The van der Waals surface area contributed by atoms with Gasteiger partial charge in [-0.05, 0) is 37.1 Å². The van der Waals surface area contributed by atoms with Crippen LogP contribution in [-0.2, 0) is 0 Å². The van der Waals surface area contributed by atoms with Crippen molar-refractivity contribution >= 4 is 40.0 Å². The van der Waals surface area contributed by atoms with Crippen LogP contribution >= 0.6 is 11.6 Å². The fraction of sp³-hybridized carbons (Fsp3) is 0.250. The van der Waals surface area contributed by atoms with Crippen molar-refractivity contribution < 1.29 is 4.79 Å². The summed E-state index contributed by atoms with van der Waals surface area (Å²) in [7, 11) is 1.73. The third kappa shape index (κ3) is 3.40. The number of rotatable bonds is 3. The second-order valence-corrected chi connectivity index (χ2v) is 8.97. The minimum absolute atomic E-state index is 0.150. The number of amides is 1. The van der Waals surface area contributed by atoms with Gasteiger partial charge in [-0.3, -0.25) is 19.1 Å². The lowest BCUT2D eigenvalue weighted by atomic mass is 10.1. The molecule has 176 valence electrons. The van der Waals surface area contributed by atoms with Gasteiger partial charge in [-0.1, -0.05) is 17.7 Å². The summed E-state index contributed by atoms with van der Waals surface area (Å²) in [6.45, 7) is 1.03. The molecule has 1 N–H and O–H groups in total. The molecule has 1 atom stereocenters. The van der Waals surface area contributed by atoms with E-state index in [4.69, 9.17) is 16.6 Å². The molecule has 2 aliphatic rings. The van der Waals surface area contributed by atoms with Crippen LogP contribution in [0.4, 0.5) is 11.6 Å². The Balaban J connectivity index is 1.58. The van der Waals surface area contributed by atoms with Crippen molar-refractivity contribution in [3.05, 3.63) is 75.8 Å². The number of nitrogens with zero attached hydrogens (tertiary/aromatic N) is 7. The standard InChI is InChI=1S/C24H21ClN8O2/c1-31-13-29-20-19(23(31)34)22(28-12-27-20)32-10-4-8-17(32)21-30-16-7-2-6-15(25)18(16)24(35)33(21)14-5-3-9-26-11-14/h2-3,5-7,9,11-12,17H,4,8,10,13H2,1H3,(H,27,28,29). The number of halogens is 1. The molecule has 0 bridgehead atoms. The van der Waals surface area contributed by atoms with Crippen molar-refractivity contribution in [1.29, 1.82) is 0 Å². The number of pyridine rings is 1. The number of hydrogen-bond acceptors (Lipinski definition) is 8. The maximum Gasteiger partial charge on any atom is 0.267 e. The molecule has 4 aromatic rings. The van der Waals surface area contributed by atoms with Crippen molar-refractivity contribution in [2.75, 3.05) is 30.5 Å². The summed E-state index contributed by atoms with van der Waals surface area (Å²) < 4.78 is 1.57. The fourth-order valence-corrected chi connectivity index (χ4v) is 5.09. The van der Waals surface area contributed by atoms with Crippen LogP contribution in [0.25, 0.3) is 16.6 Å².